The van der Waals surface area contributed by atoms with Gasteiger partial charge in [-0.05, 0) is 60.8 Å². The first kappa shape index (κ1) is 25.7. The second-order valence-corrected chi connectivity index (χ2v) is 8.67. The average molecular weight is 477 g/mol. The van der Waals surface area contributed by atoms with Crippen LogP contribution in [0.15, 0.2) is 48.5 Å². The molecule has 1 aliphatic rings. The molecule has 1 saturated carbocycles. The summed E-state index contributed by atoms with van der Waals surface area (Å²) in [6.45, 7) is 2.21. The lowest BCUT2D eigenvalue weighted by atomic mass is 9.77. The molecule has 0 saturated heterocycles. The fourth-order valence-corrected chi connectivity index (χ4v) is 4.70. The van der Waals surface area contributed by atoms with Gasteiger partial charge in [0.1, 0.15) is 5.75 Å². The molecule has 6 heteroatoms. The topological polar surface area (TPSA) is 9.23 Å². The summed E-state index contributed by atoms with van der Waals surface area (Å²) in [7, 11) is 0. The van der Waals surface area contributed by atoms with Gasteiger partial charge in [0.2, 0.25) is 5.82 Å². The van der Waals surface area contributed by atoms with Crippen molar-refractivity contribution in [3.05, 3.63) is 83.2 Å². The van der Waals surface area contributed by atoms with E-state index >= 15 is 0 Å². The largest absolute Gasteiger partial charge is 0.453 e. The Labute approximate surface area is 197 Å². The SMILES string of the molecule is C.CCCC1CCC(c2ccc(-c3ccc(F)c(F)c3Oc3cc(F)c(F)c(F)c3)cc2)CC1. The van der Waals surface area contributed by atoms with E-state index in [-0.39, 0.29) is 13.0 Å². The first-order valence-corrected chi connectivity index (χ1v) is 11.3. The minimum absolute atomic E-state index is 0. The number of hydrogen-bond acceptors (Lipinski definition) is 1. The predicted molar refractivity (Wildman–Crippen MR) is 125 cm³/mol. The summed E-state index contributed by atoms with van der Waals surface area (Å²) >= 11 is 0. The van der Waals surface area contributed by atoms with Crippen LogP contribution >= 0.6 is 0 Å². The fourth-order valence-electron chi connectivity index (χ4n) is 4.70. The van der Waals surface area contributed by atoms with E-state index in [1.54, 1.807) is 12.1 Å². The van der Waals surface area contributed by atoms with E-state index < -0.39 is 40.6 Å². The van der Waals surface area contributed by atoms with Crippen LogP contribution in [0.1, 0.15) is 64.4 Å². The van der Waals surface area contributed by atoms with Gasteiger partial charge in [0.05, 0.1) is 0 Å². The molecule has 0 amide bonds. The third-order valence-corrected chi connectivity index (χ3v) is 6.46. The number of benzene rings is 3. The van der Waals surface area contributed by atoms with E-state index in [4.69, 9.17) is 4.74 Å². The highest BCUT2D eigenvalue weighted by Crippen LogP contribution is 2.40. The van der Waals surface area contributed by atoms with Crippen LogP contribution in [0, 0.1) is 35.0 Å². The average Bonchev–Trinajstić information content (AvgIpc) is 2.81. The zero-order valence-corrected chi connectivity index (χ0v) is 18.3. The van der Waals surface area contributed by atoms with Crippen LogP contribution in [0.5, 0.6) is 11.5 Å². The lowest BCUT2D eigenvalue weighted by Crippen LogP contribution is -2.13. The van der Waals surface area contributed by atoms with Crippen LogP contribution in [0.2, 0.25) is 0 Å². The van der Waals surface area contributed by atoms with Gasteiger partial charge in [0.25, 0.3) is 0 Å². The van der Waals surface area contributed by atoms with Crippen LogP contribution in [-0.2, 0) is 0 Å². The van der Waals surface area contributed by atoms with Gasteiger partial charge in [-0.25, -0.2) is 17.6 Å². The predicted octanol–water partition coefficient (Wildman–Crippen LogP) is 9.55. The third-order valence-electron chi connectivity index (χ3n) is 6.46. The van der Waals surface area contributed by atoms with Crippen molar-refractivity contribution in [2.45, 2.75) is 58.8 Å². The molecule has 0 radical (unpaired) electrons. The molecule has 0 bridgehead atoms. The van der Waals surface area contributed by atoms with Crippen molar-refractivity contribution < 1.29 is 26.7 Å². The minimum atomic E-state index is -1.67. The summed E-state index contributed by atoms with van der Waals surface area (Å²) in [6.07, 6.45) is 7.17. The second kappa shape index (κ2) is 11.0. The van der Waals surface area contributed by atoms with Crippen molar-refractivity contribution in [3.8, 4) is 22.6 Å². The van der Waals surface area contributed by atoms with Crippen molar-refractivity contribution in [3.63, 3.8) is 0 Å². The molecule has 1 nitrogen and oxygen atoms in total. The summed E-state index contributed by atoms with van der Waals surface area (Å²) in [6, 6.07) is 11.0. The van der Waals surface area contributed by atoms with Gasteiger partial charge in [-0.2, -0.15) is 4.39 Å². The molecule has 3 aromatic carbocycles. The standard InChI is InChI=1S/C27H25F5O.CH4/c1-2-3-16-4-6-17(7-5-16)18-8-10-19(11-9-18)21-12-13-22(28)26(32)27(21)33-20-14-23(29)25(31)24(30)15-20;/h8-17H,2-7H2,1H3;1H4. The van der Waals surface area contributed by atoms with Crippen molar-refractivity contribution in [1.29, 1.82) is 0 Å². The molecule has 0 aromatic heterocycles. The monoisotopic (exact) mass is 476 g/mol. The molecule has 0 aliphatic heterocycles. The number of ether oxygens (including phenoxy) is 1. The summed E-state index contributed by atoms with van der Waals surface area (Å²) in [5, 5.41) is 0. The maximum absolute atomic E-state index is 14.6. The zero-order chi connectivity index (χ0) is 23.5. The minimum Gasteiger partial charge on any atom is -0.453 e. The van der Waals surface area contributed by atoms with Crippen LogP contribution in [0.25, 0.3) is 11.1 Å². The Morgan fingerprint density at radius 2 is 1.38 bits per heavy atom. The Morgan fingerprint density at radius 3 is 1.97 bits per heavy atom. The van der Waals surface area contributed by atoms with Crippen LogP contribution < -0.4 is 4.74 Å². The van der Waals surface area contributed by atoms with Crippen LogP contribution in [0.4, 0.5) is 22.0 Å². The Bertz CT molecular complexity index is 1100. The van der Waals surface area contributed by atoms with Gasteiger partial charge in [-0.15, -0.1) is 0 Å². The first-order valence-electron chi connectivity index (χ1n) is 11.3. The molecule has 3 aromatic rings. The molecule has 182 valence electrons. The van der Waals surface area contributed by atoms with E-state index in [0.717, 1.165) is 24.8 Å². The van der Waals surface area contributed by atoms with Gasteiger partial charge in [0, 0.05) is 17.7 Å². The first-order chi connectivity index (χ1) is 15.9. The smallest absolute Gasteiger partial charge is 0.201 e. The van der Waals surface area contributed by atoms with E-state index in [2.05, 4.69) is 6.92 Å². The summed E-state index contributed by atoms with van der Waals surface area (Å²) < 4.78 is 74.3. The molecule has 0 N–H and O–H groups in total. The van der Waals surface area contributed by atoms with Crippen molar-refractivity contribution in [2.24, 2.45) is 5.92 Å². The van der Waals surface area contributed by atoms with E-state index in [1.807, 2.05) is 12.1 Å². The molecule has 0 unspecified atom stereocenters. The molecule has 0 spiro atoms. The van der Waals surface area contributed by atoms with Gasteiger partial charge in [-0.1, -0.05) is 51.5 Å². The van der Waals surface area contributed by atoms with Gasteiger partial charge < -0.3 is 4.74 Å². The lowest BCUT2D eigenvalue weighted by Gasteiger charge is -2.28. The summed E-state index contributed by atoms with van der Waals surface area (Å²) in [5.74, 6) is -6.82. The maximum atomic E-state index is 14.6. The van der Waals surface area contributed by atoms with Gasteiger partial charge in [-0.3, -0.25) is 0 Å². The maximum Gasteiger partial charge on any atom is 0.201 e. The van der Waals surface area contributed by atoms with E-state index in [0.29, 0.717) is 23.6 Å². The van der Waals surface area contributed by atoms with Crippen LogP contribution in [0.3, 0.4) is 0 Å². The highest BCUT2D eigenvalue weighted by Gasteiger charge is 2.23. The zero-order valence-electron chi connectivity index (χ0n) is 18.3. The highest BCUT2D eigenvalue weighted by molar-refractivity contribution is 5.71. The highest BCUT2D eigenvalue weighted by atomic mass is 19.2. The molecular weight excluding hydrogens is 447 g/mol. The van der Waals surface area contributed by atoms with Crippen molar-refractivity contribution in [1.82, 2.24) is 0 Å². The molecule has 0 heterocycles. The molecule has 0 atom stereocenters. The number of hydrogen-bond donors (Lipinski definition) is 0. The molecular formula is C28H29F5O. The summed E-state index contributed by atoms with van der Waals surface area (Å²) in [4.78, 5) is 0. The Hall–Kier alpha value is -2.89. The fraction of sp³-hybridized carbons (Fsp3) is 0.357. The van der Waals surface area contributed by atoms with E-state index in [1.165, 1.54) is 37.3 Å². The lowest BCUT2D eigenvalue weighted by molar-refractivity contribution is 0.308. The van der Waals surface area contributed by atoms with E-state index in [9.17, 15) is 22.0 Å². The van der Waals surface area contributed by atoms with Gasteiger partial charge in [0.15, 0.2) is 29.0 Å². The molecule has 1 fully saturated rings. The summed E-state index contributed by atoms with van der Waals surface area (Å²) in [5.41, 5.74) is 1.98. The molecule has 34 heavy (non-hydrogen) atoms. The second-order valence-electron chi connectivity index (χ2n) is 8.67. The molecule has 1 aliphatic carbocycles. The quantitative estimate of drug-likeness (QED) is 0.254. The number of halogens is 5. The van der Waals surface area contributed by atoms with Crippen molar-refractivity contribution >= 4 is 0 Å². The Kier molecular flexibility index (Phi) is 8.34. The normalized spacial score (nSPS) is 17.8. The van der Waals surface area contributed by atoms with Crippen LogP contribution in [-0.4, -0.2) is 0 Å². The molecule has 4 rings (SSSR count). The Balaban J connectivity index is 0.00000324. The third kappa shape index (κ3) is 5.43. The van der Waals surface area contributed by atoms with Gasteiger partial charge >= 0.3 is 0 Å². The van der Waals surface area contributed by atoms with Crippen molar-refractivity contribution in [2.75, 3.05) is 0 Å². The number of rotatable bonds is 6. The Morgan fingerprint density at radius 1 is 0.765 bits per heavy atom.